The molecule has 0 bridgehead atoms. The summed E-state index contributed by atoms with van der Waals surface area (Å²) < 4.78 is 18.0. The average Bonchev–Trinajstić information content (AvgIpc) is 3.12. The Morgan fingerprint density at radius 1 is 1.19 bits per heavy atom. The van der Waals surface area contributed by atoms with Crippen LogP contribution in [0.3, 0.4) is 0 Å². The third kappa shape index (κ3) is 5.06. The number of thioether (sulfide) groups is 1. The number of carbonyl (C=O) groups is 1. The molecule has 0 aliphatic carbocycles. The molecule has 0 fully saturated rings. The Balaban J connectivity index is 1.50. The highest BCUT2D eigenvalue weighted by Crippen LogP contribution is 2.26. The maximum absolute atomic E-state index is 12.9. The summed E-state index contributed by atoms with van der Waals surface area (Å²) in [5.41, 5.74) is 1.78. The van der Waals surface area contributed by atoms with Gasteiger partial charge in [0.25, 0.3) is 0 Å². The molecule has 0 radical (unpaired) electrons. The van der Waals surface area contributed by atoms with Gasteiger partial charge in [0.1, 0.15) is 11.6 Å². The van der Waals surface area contributed by atoms with Gasteiger partial charge in [-0.1, -0.05) is 0 Å². The fourth-order valence-electron chi connectivity index (χ4n) is 2.20. The quantitative estimate of drug-likeness (QED) is 0.574. The molecule has 2 aromatic carbocycles. The number of nitrogens with one attached hydrogen (secondary N) is 1. The Hall–Kier alpha value is -2.38. The Kier molecular flexibility index (Phi) is 6.25. The number of halogens is 1. The fourth-order valence-corrected chi connectivity index (χ4v) is 3.79. The summed E-state index contributed by atoms with van der Waals surface area (Å²) in [6.07, 6.45) is 0.361. The number of thiazole rings is 1. The maximum atomic E-state index is 12.9. The van der Waals surface area contributed by atoms with Crippen molar-refractivity contribution in [3.8, 4) is 17.0 Å². The van der Waals surface area contributed by atoms with Gasteiger partial charge in [-0.25, -0.2) is 9.37 Å². The summed E-state index contributed by atoms with van der Waals surface area (Å²) in [7, 11) is 1.62. The van der Waals surface area contributed by atoms with E-state index in [0.717, 1.165) is 21.9 Å². The highest BCUT2D eigenvalue weighted by Gasteiger charge is 2.08. The number of methoxy groups -OCH3 is 1. The first-order chi connectivity index (χ1) is 12.6. The molecular formula is C19H17FN2O2S2. The molecule has 1 aromatic heterocycles. The summed E-state index contributed by atoms with van der Waals surface area (Å²) in [5, 5.41) is 5.30. The molecule has 0 atom stereocenters. The Morgan fingerprint density at radius 2 is 1.92 bits per heavy atom. The molecule has 1 amide bonds. The average molecular weight is 388 g/mol. The van der Waals surface area contributed by atoms with Crippen LogP contribution in [0.1, 0.15) is 6.42 Å². The van der Waals surface area contributed by atoms with E-state index in [2.05, 4.69) is 10.3 Å². The van der Waals surface area contributed by atoms with Crippen LogP contribution in [0.25, 0.3) is 11.3 Å². The standard InChI is InChI=1S/C19H17FN2O2S2/c1-24-15-6-2-13(3-7-15)17-12-26-19(21-17)22-18(23)10-11-25-16-8-4-14(20)5-9-16/h2-9,12H,10-11H2,1H3,(H,21,22,23). The van der Waals surface area contributed by atoms with Crippen LogP contribution in [0.15, 0.2) is 58.8 Å². The minimum Gasteiger partial charge on any atom is -0.497 e. The smallest absolute Gasteiger partial charge is 0.226 e. The third-order valence-corrected chi connectivity index (χ3v) is 5.32. The van der Waals surface area contributed by atoms with E-state index in [1.165, 1.54) is 35.2 Å². The maximum Gasteiger partial charge on any atom is 0.226 e. The number of aromatic nitrogens is 1. The molecule has 3 rings (SSSR count). The first-order valence-corrected chi connectivity index (χ1v) is 9.79. The second kappa shape index (κ2) is 8.82. The highest BCUT2D eigenvalue weighted by atomic mass is 32.2. The van der Waals surface area contributed by atoms with Crippen LogP contribution in [0.2, 0.25) is 0 Å². The Bertz CT molecular complexity index is 864. The molecular weight excluding hydrogens is 371 g/mol. The van der Waals surface area contributed by atoms with E-state index in [4.69, 9.17) is 4.74 Å². The molecule has 0 aliphatic heterocycles. The number of anilines is 1. The topological polar surface area (TPSA) is 51.2 Å². The second-order valence-corrected chi connectivity index (χ2v) is 7.39. The second-order valence-electron chi connectivity index (χ2n) is 5.37. The zero-order valence-corrected chi connectivity index (χ0v) is 15.7. The van der Waals surface area contributed by atoms with Crippen molar-refractivity contribution in [3.05, 3.63) is 59.7 Å². The number of nitrogens with zero attached hydrogens (tertiary/aromatic N) is 1. The monoisotopic (exact) mass is 388 g/mol. The van der Waals surface area contributed by atoms with Crippen molar-refractivity contribution in [2.45, 2.75) is 11.3 Å². The number of ether oxygens (including phenoxy) is 1. The predicted molar refractivity (Wildman–Crippen MR) is 104 cm³/mol. The molecule has 1 heterocycles. The van der Waals surface area contributed by atoms with Crippen molar-refractivity contribution in [3.63, 3.8) is 0 Å². The number of benzene rings is 2. The van der Waals surface area contributed by atoms with E-state index in [0.29, 0.717) is 17.3 Å². The van der Waals surface area contributed by atoms with Gasteiger partial charge in [0.05, 0.1) is 12.8 Å². The summed E-state index contributed by atoms with van der Waals surface area (Å²) in [4.78, 5) is 17.4. The van der Waals surface area contributed by atoms with Crippen molar-refractivity contribution in [2.24, 2.45) is 0 Å². The number of rotatable bonds is 7. The largest absolute Gasteiger partial charge is 0.497 e. The van der Waals surface area contributed by atoms with Crippen LogP contribution in [-0.4, -0.2) is 23.8 Å². The van der Waals surface area contributed by atoms with Gasteiger partial charge in [-0.15, -0.1) is 23.1 Å². The molecule has 7 heteroatoms. The highest BCUT2D eigenvalue weighted by molar-refractivity contribution is 7.99. The van der Waals surface area contributed by atoms with Gasteiger partial charge in [-0.05, 0) is 48.5 Å². The van der Waals surface area contributed by atoms with Gasteiger partial charge in [-0.2, -0.15) is 0 Å². The van der Waals surface area contributed by atoms with E-state index < -0.39 is 0 Å². The van der Waals surface area contributed by atoms with E-state index >= 15 is 0 Å². The predicted octanol–water partition coefficient (Wildman–Crippen LogP) is 5.08. The zero-order chi connectivity index (χ0) is 18.4. The molecule has 0 saturated heterocycles. The lowest BCUT2D eigenvalue weighted by atomic mass is 10.2. The van der Waals surface area contributed by atoms with Gasteiger partial charge in [0, 0.05) is 28.0 Å². The van der Waals surface area contributed by atoms with Gasteiger partial charge in [0.15, 0.2) is 5.13 Å². The van der Waals surface area contributed by atoms with Crippen LogP contribution in [-0.2, 0) is 4.79 Å². The van der Waals surface area contributed by atoms with Crippen LogP contribution in [0, 0.1) is 5.82 Å². The molecule has 0 unspecified atom stereocenters. The van der Waals surface area contributed by atoms with Crippen LogP contribution in [0.5, 0.6) is 5.75 Å². The van der Waals surface area contributed by atoms with Crippen molar-refractivity contribution >= 4 is 34.1 Å². The fraction of sp³-hybridized carbons (Fsp3) is 0.158. The molecule has 1 N–H and O–H groups in total. The van der Waals surface area contributed by atoms with Crippen molar-refractivity contribution in [1.29, 1.82) is 0 Å². The van der Waals surface area contributed by atoms with Crippen LogP contribution >= 0.6 is 23.1 Å². The number of hydrogen-bond donors (Lipinski definition) is 1. The number of hydrogen-bond acceptors (Lipinski definition) is 5. The van der Waals surface area contributed by atoms with Gasteiger partial charge in [0.2, 0.25) is 5.91 Å². The zero-order valence-electron chi connectivity index (χ0n) is 14.1. The van der Waals surface area contributed by atoms with Crippen molar-refractivity contribution in [2.75, 3.05) is 18.2 Å². The minimum atomic E-state index is -0.261. The van der Waals surface area contributed by atoms with Crippen LogP contribution in [0.4, 0.5) is 9.52 Å². The van der Waals surface area contributed by atoms with Crippen LogP contribution < -0.4 is 10.1 Å². The summed E-state index contributed by atoms with van der Waals surface area (Å²) in [6, 6.07) is 13.9. The first kappa shape index (κ1) is 18.4. The van der Waals surface area contributed by atoms with E-state index in [1.807, 2.05) is 29.6 Å². The van der Waals surface area contributed by atoms with E-state index in [-0.39, 0.29) is 11.7 Å². The lowest BCUT2D eigenvalue weighted by molar-refractivity contribution is -0.115. The molecule has 0 spiro atoms. The Morgan fingerprint density at radius 3 is 2.62 bits per heavy atom. The van der Waals surface area contributed by atoms with Crippen molar-refractivity contribution < 1.29 is 13.9 Å². The SMILES string of the molecule is COc1ccc(-c2csc(NC(=O)CCSc3ccc(F)cc3)n2)cc1. The molecule has 4 nitrogen and oxygen atoms in total. The molecule has 3 aromatic rings. The number of carbonyl (C=O) groups excluding carboxylic acids is 1. The summed E-state index contributed by atoms with van der Waals surface area (Å²) in [5.74, 6) is 1.06. The summed E-state index contributed by atoms with van der Waals surface area (Å²) >= 11 is 2.91. The third-order valence-electron chi connectivity index (χ3n) is 3.55. The van der Waals surface area contributed by atoms with E-state index in [1.54, 1.807) is 19.2 Å². The lowest BCUT2D eigenvalue weighted by Crippen LogP contribution is -2.11. The Labute approximate surface area is 159 Å². The van der Waals surface area contributed by atoms with Crippen molar-refractivity contribution in [1.82, 2.24) is 4.98 Å². The number of amides is 1. The lowest BCUT2D eigenvalue weighted by Gasteiger charge is -2.03. The molecule has 26 heavy (non-hydrogen) atoms. The van der Waals surface area contributed by atoms with Gasteiger partial charge < -0.3 is 10.1 Å². The van der Waals surface area contributed by atoms with Gasteiger partial charge in [-0.3, -0.25) is 4.79 Å². The normalized spacial score (nSPS) is 10.5. The molecule has 0 saturated carbocycles. The molecule has 134 valence electrons. The van der Waals surface area contributed by atoms with E-state index in [9.17, 15) is 9.18 Å². The summed E-state index contributed by atoms with van der Waals surface area (Å²) in [6.45, 7) is 0. The first-order valence-electron chi connectivity index (χ1n) is 7.92. The molecule has 0 aliphatic rings. The van der Waals surface area contributed by atoms with Gasteiger partial charge >= 0.3 is 0 Å². The minimum absolute atomic E-state index is 0.0877.